The van der Waals surface area contributed by atoms with Gasteiger partial charge in [-0.25, -0.2) is 15.9 Å². The average Bonchev–Trinajstić information content (AvgIpc) is 3.44. The van der Waals surface area contributed by atoms with Crippen molar-refractivity contribution in [3.8, 4) is 5.69 Å². The van der Waals surface area contributed by atoms with Crippen molar-refractivity contribution in [3.05, 3.63) is 95.6 Å². The van der Waals surface area contributed by atoms with E-state index in [1.54, 1.807) is 29.6 Å². The van der Waals surface area contributed by atoms with Gasteiger partial charge in [-0.15, -0.1) is 0 Å². The fourth-order valence-corrected chi connectivity index (χ4v) is 4.73. The van der Waals surface area contributed by atoms with Crippen molar-refractivity contribution in [2.45, 2.75) is 43.3 Å². The van der Waals surface area contributed by atoms with Crippen LogP contribution in [0.25, 0.3) is 10.5 Å². The molecule has 0 spiro atoms. The molecule has 2 N–H and O–H groups in total. The molecular formula is C28H29FN6O2. The maximum absolute atomic E-state index is 13.2. The number of aromatic nitrogens is 2. The van der Waals surface area contributed by atoms with Crippen molar-refractivity contribution in [3.63, 3.8) is 0 Å². The summed E-state index contributed by atoms with van der Waals surface area (Å²) >= 11 is 0. The molecule has 1 aliphatic heterocycles. The van der Waals surface area contributed by atoms with Crippen molar-refractivity contribution in [1.82, 2.24) is 25.1 Å². The van der Waals surface area contributed by atoms with Crippen LogP contribution >= 0.6 is 0 Å². The molecule has 2 heterocycles. The molecule has 0 radical (unpaired) electrons. The molecule has 2 fully saturated rings. The third kappa shape index (κ3) is 5.87. The summed E-state index contributed by atoms with van der Waals surface area (Å²) in [5.41, 5.74) is 2.49. The van der Waals surface area contributed by atoms with Crippen molar-refractivity contribution in [1.29, 1.82) is 0 Å². The minimum atomic E-state index is -0.651. The highest BCUT2D eigenvalue weighted by Gasteiger charge is 2.39. The Morgan fingerprint density at radius 1 is 1.14 bits per heavy atom. The Morgan fingerprint density at radius 3 is 2.57 bits per heavy atom. The Kier molecular flexibility index (Phi) is 7.28. The molecule has 1 saturated carbocycles. The maximum atomic E-state index is 13.2. The molecule has 8 nitrogen and oxygen atoms in total. The lowest BCUT2D eigenvalue weighted by Crippen LogP contribution is -2.58. The summed E-state index contributed by atoms with van der Waals surface area (Å²) < 4.78 is 15.0. The molecule has 2 amide bonds. The summed E-state index contributed by atoms with van der Waals surface area (Å²) in [7, 11) is 0. The minimum Gasteiger partial charge on any atom is -0.340 e. The highest BCUT2D eigenvalue weighted by molar-refractivity contribution is 5.97. The van der Waals surface area contributed by atoms with Gasteiger partial charge in [0, 0.05) is 35.6 Å². The monoisotopic (exact) mass is 500 g/mol. The van der Waals surface area contributed by atoms with Crippen molar-refractivity contribution in [2.24, 2.45) is 0 Å². The lowest BCUT2D eigenvalue weighted by Gasteiger charge is -2.34. The number of halogens is 1. The summed E-state index contributed by atoms with van der Waals surface area (Å²) in [6.07, 6.45) is 7.41. The van der Waals surface area contributed by atoms with Crippen LogP contribution in [0.4, 0.5) is 4.39 Å². The van der Waals surface area contributed by atoms with Gasteiger partial charge in [-0.1, -0.05) is 12.1 Å². The molecule has 37 heavy (non-hydrogen) atoms. The SMILES string of the molecule is [C-]#[N+]C1CN(C(=O)[C@H](CCCN[C@@H]2C[C@H]2c2ccc(F)cc2)NC(=O)c2ccc(-n3ccnc3)cc2)C1. The van der Waals surface area contributed by atoms with E-state index in [4.69, 9.17) is 6.57 Å². The smallest absolute Gasteiger partial charge is 0.258 e. The van der Waals surface area contributed by atoms with Gasteiger partial charge in [-0.05, 0) is 67.8 Å². The summed E-state index contributed by atoms with van der Waals surface area (Å²) in [6.45, 7) is 8.68. The molecule has 5 rings (SSSR count). The molecule has 0 bridgehead atoms. The topological polar surface area (TPSA) is 83.6 Å². The predicted octanol–water partition coefficient (Wildman–Crippen LogP) is 3.17. The first-order chi connectivity index (χ1) is 18.0. The summed E-state index contributed by atoms with van der Waals surface area (Å²) in [5.74, 6) is -0.288. The first kappa shape index (κ1) is 24.7. The van der Waals surface area contributed by atoms with E-state index >= 15 is 0 Å². The summed E-state index contributed by atoms with van der Waals surface area (Å²) in [5, 5.41) is 6.44. The molecule has 190 valence electrons. The fraction of sp³-hybridized carbons (Fsp3) is 0.357. The van der Waals surface area contributed by atoms with Gasteiger partial charge in [-0.2, -0.15) is 0 Å². The number of imidazole rings is 1. The molecular weight excluding hydrogens is 471 g/mol. The Labute approximate surface area is 215 Å². The van der Waals surface area contributed by atoms with E-state index in [0.717, 1.165) is 17.7 Å². The predicted molar refractivity (Wildman–Crippen MR) is 137 cm³/mol. The first-order valence-corrected chi connectivity index (χ1v) is 12.6. The van der Waals surface area contributed by atoms with Crippen LogP contribution in [0.15, 0.2) is 67.3 Å². The Hall–Kier alpha value is -4.03. The van der Waals surface area contributed by atoms with Gasteiger partial charge >= 0.3 is 0 Å². The molecule has 1 aliphatic carbocycles. The molecule has 0 unspecified atom stereocenters. The van der Waals surface area contributed by atoms with Crippen molar-refractivity contribution < 1.29 is 14.0 Å². The van der Waals surface area contributed by atoms with E-state index in [0.29, 0.717) is 50.0 Å². The maximum Gasteiger partial charge on any atom is 0.258 e. The van der Waals surface area contributed by atoms with Crippen molar-refractivity contribution >= 4 is 11.8 Å². The zero-order chi connectivity index (χ0) is 25.8. The van der Waals surface area contributed by atoms with Crippen molar-refractivity contribution in [2.75, 3.05) is 19.6 Å². The fourth-order valence-electron chi connectivity index (χ4n) is 4.73. The quantitative estimate of drug-likeness (QED) is 0.331. The van der Waals surface area contributed by atoms with Crippen LogP contribution < -0.4 is 10.6 Å². The Bertz CT molecular complexity index is 1260. The van der Waals surface area contributed by atoms with E-state index in [-0.39, 0.29) is 23.7 Å². The second kappa shape index (κ2) is 10.9. The zero-order valence-corrected chi connectivity index (χ0v) is 20.4. The van der Waals surface area contributed by atoms with E-state index in [2.05, 4.69) is 20.5 Å². The molecule has 3 aromatic rings. The van der Waals surface area contributed by atoms with E-state index < -0.39 is 6.04 Å². The third-order valence-electron chi connectivity index (χ3n) is 7.06. The average molecular weight is 501 g/mol. The second-order valence-corrected chi connectivity index (χ2v) is 9.67. The largest absolute Gasteiger partial charge is 0.340 e. The highest BCUT2D eigenvalue weighted by atomic mass is 19.1. The van der Waals surface area contributed by atoms with Crippen LogP contribution in [-0.4, -0.2) is 64.0 Å². The third-order valence-corrected chi connectivity index (χ3v) is 7.06. The van der Waals surface area contributed by atoms with Gasteiger partial charge in [0.1, 0.15) is 11.9 Å². The van der Waals surface area contributed by atoms with Gasteiger partial charge in [-0.3, -0.25) is 9.59 Å². The number of amides is 2. The summed E-state index contributed by atoms with van der Waals surface area (Å²) in [4.78, 5) is 35.3. The lowest BCUT2D eigenvalue weighted by atomic mass is 10.0. The molecule has 9 heteroatoms. The summed E-state index contributed by atoms with van der Waals surface area (Å²) in [6, 6.07) is 13.3. The number of nitrogens with zero attached hydrogens (tertiary/aromatic N) is 4. The molecule has 1 saturated heterocycles. The van der Waals surface area contributed by atoms with E-state index in [1.807, 2.05) is 35.0 Å². The number of carbonyl (C=O) groups is 2. The molecule has 3 atom stereocenters. The van der Waals surface area contributed by atoms with Crippen LogP contribution in [0.2, 0.25) is 0 Å². The van der Waals surface area contributed by atoms with Gasteiger partial charge in [0.05, 0.1) is 19.4 Å². The van der Waals surface area contributed by atoms with Gasteiger partial charge in [0.25, 0.3) is 11.9 Å². The Balaban J connectivity index is 1.15. The molecule has 2 aromatic carbocycles. The van der Waals surface area contributed by atoms with E-state index in [9.17, 15) is 14.0 Å². The number of hydrogen-bond donors (Lipinski definition) is 2. The van der Waals surface area contributed by atoms with Crippen LogP contribution in [0.1, 0.15) is 41.1 Å². The minimum absolute atomic E-state index is 0.140. The lowest BCUT2D eigenvalue weighted by molar-refractivity contribution is -0.137. The normalized spacial score (nSPS) is 19.5. The van der Waals surface area contributed by atoms with Crippen LogP contribution in [0.3, 0.4) is 0 Å². The number of carbonyl (C=O) groups excluding carboxylic acids is 2. The molecule has 1 aromatic heterocycles. The highest BCUT2D eigenvalue weighted by Crippen LogP contribution is 2.40. The van der Waals surface area contributed by atoms with Crippen LogP contribution in [0.5, 0.6) is 0 Å². The number of hydrogen-bond acceptors (Lipinski definition) is 4. The number of nitrogens with one attached hydrogen (secondary N) is 2. The number of likely N-dealkylation sites (tertiary alicyclic amines) is 1. The number of rotatable bonds is 10. The van der Waals surface area contributed by atoms with Crippen LogP contribution in [0, 0.1) is 12.4 Å². The van der Waals surface area contributed by atoms with Crippen LogP contribution in [-0.2, 0) is 4.79 Å². The van der Waals surface area contributed by atoms with Gasteiger partial charge < -0.3 is 24.9 Å². The second-order valence-electron chi connectivity index (χ2n) is 9.67. The van der Waals surface area contributed by atoms with Gasteiger partial charge in [0.15, 0.2) is 0 Å². The zero-order valence-electron chi connectivity index (χ0n) is 20.4. The standard InChI is InChI=1S/C28H29FN6O2/c1-30-22-16-35(17-22)28(37)25(3-2-12-32-26-15-24(26)19-4-8-21(29)9-5-19)33-27(36)20-6-10-23(11-7-20)34-14-13-31-18-34/h4-11,13-14,18,22,24-26,32H,2-3,12,15-17H2,(H,33,36)/t24-,25-,26+/m0/s1. The first-order valence-electron chi connectivity index (χ1n) is 12.6. The van der Waals surface area contributed by atoms with Gasteiger partial charge in [0.2, 0.25) is 5.91 Å². The molecule has 2 aliphatic rings. The Morgan fingerprint density at radius 2 is 1.89 bits per heavy atom. The van der Waals surface area contributed by atoms with E-state index in [1.165, 1.54) is 12.1 Å². The number of benzene rings is 2.